The third-order valence-corrected chi connectivity index (χ3v) is 7.17. The van der Waals surface area contributed by atoms with Crippen molar-refractivity contribution in [2.45, 2.75) is 77.2 Å². The van der Waals surface area contributed by atoms with Gasteiger partial charge in [0, 0.05) is 24.8 Å². The van der Waals surface area contributed by atoms with E-state index in [9.17, 15) is 28.8 Å². The topological polar surface area (TPSA) is 189 Å². The minimum Gasteiger partial charge on any atom is -0.368 e. The summed E-state index contributed by atoms with van der Waals surface area (Å²) in [5.41, 5.74) is 6.89. The third kappa shape index (κ3) is 9.02. The molecule has 0 saturated carbocycles. The predicted molar refractivity (Wildman–Crippen MR) is 160 cm³/mol. The van der Waals surface area contributed by atoms with E-state index in [4.69, 9.17) is 17.3 Å². The van der Waals surface area contributed by atoms with Crippen molar-refractivity contribution in [1.82, 2.24) is 26.6 Å². The molecule has 13 heteroatoms. The summed E-state index contributed by atoms with van der Waals surface area (Å²) in [6.07, 6.45) is 0.137. The molecule has 1 aliphatic rings. The number of hydrogen-bond donors (Lipinski definition) is 6. The van der Waals surface area contributed by atoms with Crippen LogP contribution in [0.4, 0.5) is 0 Å². The van der Waals surface area contributed by atoms with E-state index in [-0.39, 0.29) is 12.8 Å². The van der Waals surface area contributed by atoms with Gasteiger partial charge in [-0.3, -0.25) is 28.8 Å². The fourth-order valence-corrected chi connectivity index (χ4v) is 4.81. The molecule has 2 aromatic rings. The predicted octanol–water partition coefficient (Wildman–Crippen LogP) is 0.485. The zero-order valence-electron chi connectivity index (χ0n) is 24.7. The first-order chi connectivity index (χ1) is 20.0. The van der Waals surface area contributed by atoms with Crippen molar-refractivity contribution in [3.05, 3.63) is 58.6 Å². The Hall–Kier alpha value is -4.45. The van der Waals surface area contributed by atoms with Crippen molar-refractivity contribution >= 4 is 47.0 Å². The second-order valence-corrected chi connectivity index (χ2v) is 11.6. The number of nitrogens with one attached hydrogen (secondary N) is 5. The number of nitrogens with two attached hydrogens (primary N) is 1. The maximum Gasteiger partial charge on any atom is 0.245 e. The molecule has 0 saturated heterocycles. The summed E-state index contributed by atoms with van der Waals surface area (Å²) < 4.78 is 0. The van der Waals surface area contributed by atoms with Gasteiger partial charge >= 0.3 is 0 Å². The molecule has 0 aliphatic carbocycles. The molecule has 0 spiro atoms. The van der Waals surface area contributed by atoms with Gasteiger partial charge in [-0.1, -0.05) is 41.9 Å². The van der Waals surface area contributed by atoms with Crippen LogP contribution >= 0.6 is 11.6 Å². The molecule has 12 nitrogen and oxygen atoms in total. The number of halogens is 1. The highest BCUT2D eigenvalue weighted by atomic mass is 35.5. The second-order valence-electron chi connectivity index (χ2n) is 11.2. The molecule has 6 amide bonds. The first kappa shape index (κ1) is 33.1. The van der Waals surface area contributed by atoms with Crippen molar-refractivity contribution in [1.29, 1.82) is 0 Å². The molecular weight excluding hydrogens is 576 g/mol. The van der Waals surface area contributed by atoms with E-state index in [0.717, 1.165) is 5.56 Å². The average molecular weight is 613 g/mol. The lowest BCUT2D eigenvalue weighted by molar-refractivity contribution is -0.136. The largest absolute Gasteiger partial charge is 0.368 e. The van der Waals surface area contributed by atoms with Crippen LogP contribution in [-0.4, -0.2) is 65.1 Å². The molecule has 0 radical (unpaired) electrons. The van der Waals surface area contributed by atoms with Crippen LogP contribution in [0.15, 0.2) is 42.5 Å². The molecule has 230 valence electrons. The Morgan fingerprint density at radius 3 is 2.14 bits per heavy atom. The number of benzene rings is 2. The quantitative estimate of drug-likeness (QED) is 0.286. The van der Waals surface area contributed by atoms with Gasteiger partial charge in [-0.2, -0.15) is 0 Å². The zero-order valence-corrected chi connectivity index (χ0v) is 25.4. The van der Waals surface area contributed by atoms with Crippen molar-refractivity contribution in [2.75, 3.05) is 0 Å². The summed E-state index contributed by atoms with van der Waals surface area (Å²) in [4.78, 5) is 76.4. The Morgan fingerprint density at radius 2 is 1.49 bits per heavy atom. The molecule has 0 fully saturated rings. The third-order valence-electron chi connectivity index (χ3n) is 6.95. The maximum absolute atomic E-state index is 13.4. The average Bonchev–Trinajstić information content (AvgIpc) is 2.90. The first-order valence-electron chi connectivity index (χ1n) is 13.7. The lowest BCUT2D eigenvalue weighted by Crippen LogP contribution is -2.62. The second kappa shape index (κ2) is 13.7. The summed E-state index contributed by atoms with van der Waals surface area (Å²) in [5.74, 6) is -3.82. The lowest BCUT2D eigenvalue weighted by atomic mass is 9.95. The van der Waals surface area contributed by atoms with Crippen LogP contribution in [0.2, 0.25) is 5.02 Å². The van der Waals surface area contributed by atoms with Crippen molar-refractivity contribution < 1.29 is 28.8 Å². The van der Waals surface area contributed by atoms with Gasteiger partial charge in [0.1, 0.15) is 29.7 Å². The van der Waals surface area contributed by atoms with Crippen LogP contribution in [0.25, 0.3) is 11.1 Å². The Morgan fingerprint density at radius 1 is 0.860 bits per heavy atom. The Bertz CT molecular complexity index is 1440. The number of hydrogen-bond acceptors (Lipinski definition) is 6. The molecule has 1 aliphatic heterocycles. The number of amides is 6. The summed E-state index contributed by atoms with van der Waals surface area (Å²) in [7, 11) is 0. The first-order valence-corrected chi connectivity index (χ1v) is 14.1. The Kier molecular flexibility index (Phi) is 10.5. The summed E-state index contributed by atoms with van der Waals surface area (Å²) >= 11 is 6.45. The van der Waals surface area contributed by atoms with E-state index < -0.39 is 65.1 Å². The van der Waals surface area contributed by atoms with Crippen molar-refractivity contribution in [3.8, 4) is 11.1 Å². The van der Waals surface area contributed by atoms with Crippen LogP contribution in [0.3, 0.4) is 0 Å². The number of primary amides is 1. The zero-order chi connectivity index (χ0) is 32.1. The van der Waals surface area contributed by atoms with E-state index in [1.165, 1.54) is 34.6 Å². The summed E-state index contributed by atoms with van der Waals surface area (Å²) in [6.45, 7) is 7.03. The molecular formula is C30H37ClN6O6. The molecule has 7 N–H and O–H groups in total. The molecule has 2 aromatic carbocycles. The van der Waals surface area contributed by atoms with E-state index >= 15 is 0 Å². The number of carbonyl (C=O) groups excluding carboxylic acids is 6. The maximum atomic E-state index is 13.4. The fourth-order valence-electron chi connectivity index (χ4n) is 4.56. The van der Waals surface area contributed by atoms with Crippen LogP contribution in [0.1, 0.15) is 45.7 Å². The normalized spacial score (nSPS) is 23.4. The van der Waals surface area contributed by atoms with Gasteiger partial charge in [-0.25, -0.2) is 0 Å². The van der Waals surface area contributed by atoms with Crippen LogP contribution in [0, 0.1) is 0 Å². The number of fused-ring (bicyclic) bond motifs is 5. The minimum absolute atomic E-state index is 0.0584. The smallest absolute Gasteiger partial charge is 0.245 e. The Labute approximate surface area is 254 Å². The molecule has 1 heterocycles. The van der Waals surface area contributed by atoms with Crippen LogP contribution in [0.5, 0.6) is 0 Å². The fraction of sp³-hybridized carbons (Fsp3) is 0.400. The molecule has 0 aromatic heterocycles. The molecule has 43 heavy (non-hydrogen) atoms. The van der Waals surface area contributed by atoms with Crippen LogP contribution in [-0.2, 0) is 41.6 Å². The molecule has 0 unspecified atom stereocenters. The molecule has 4 bridgehead atoms. The van der Waals surface area contributed by atoms with Gasteiger partial charge < -0.3 is 32.3 Å². The van der Waals surface area contributed by atoms with Gasteiger partial charge in [0.05, 0.1) is 0 Å². The Balaban J connectivity index is 2.07. The number of rotatable bonds is 2. The van der Waals surface area contributed by atoms with E-state index in [0.29, 0.717) is 21.7 Å². The van der Waals surface area contributed by atoms with Gasteiger partial charge in [0.2, 0.25) is 35.4 Å². The van der Waals surface area contributed by atoms with Gasteiger partial charge in [0.15, 0.2) is 0 Å². The van der Waals surface area contributed by atoms with Gasteiger partial charge in [-0.05, 0) is 62.1 Å². The minimum atomic E-state index is -1.49. The van der Waals surface area contributed by atoms with Crippen LogP contribution < -0.4 is 32.3 Å². The summed E-state index contributed by atoms with van der Waals surface area (Å²) in [5, 5.41) is 13.3. The SMILES string of the molecule is CC(=O)N[C@H]1Cc2cc(Cl)cc(c2)-c2cccc(c2)C[C@@H](C(N)=O)NC(=O)[C@H](C)NC(=O)[C@H](C)NC(=O)C(C)(C)NC1=O. The molecule has 4 atom stereocenters. The molecule has 3 rings (SSSR count). The highest BCUT2D eigenvalue weighted by molar-refractivity contribution is 6.31. The summed E-state index contributed by atoms with van der Waals surface area (Å²) in [6, 6.07) is 8.18. The monoisotopic (exact) mass is 612 g/mol. The number of carbonyl (C=O) groups is 6. The van der Waals surface area contributed by atoms with Gasteiger partial charge in [0.25, 0.3) is 0 Å². The highest BCUT2D eigenvalue weighted by Crippen LogP contribution is 2.27. The highest BCUT2D eigenvalue weighted by Gasteiger charge is 2.35. The van der Waals surface area contributed by atoms with Crippen molar-refractivity contribution in [2.24, 2.45) is 5.73 Å². The van der Waals surface area contributed by atoms with Crippen molar-refractivity contribution in [3.63, 3.8) is 0 Å². The van der Waals surface area contributed by atoms with E-state index in [1.54, 1.807) is 24.3 Å². The lowest BCUT2D eigenvalue weighted by Gasteiger charge is -2.29. The van der Waals surface area contributed by atoms with E-state index in [2.05, 4.69) is 26.6 Å². The van der Waals surface area contributed by atoms with E-state index in [1.807, 2.05) is 18.2 Å². The standard InChI is InChI=1S/C30H37ClN6O6/c1-15-27(41)36-23(25(32)39)12-18-7-6-8-20(9-18)21-10-19(11-22(31)14-21)13-24(35-17(3)38)28(42)37-30(4,5)29(43)34-16(2)26(40)33-15/h6-11,14-16,23-24H,12-13H2,1-5H3,(H2,32,39)(H,33,40)(H,34,43)(H,35,38)(H,36,41)(H,37,42)/t15-,16-,23-,24-/m0/s1. The van der Waals surface area contributed by atoms with Gasteiger partial charge in [-0.15, -0.1) is 0 Å².